The van der Waals surface area contributed by atoms with Gasteiger partial charge in [-0.15, -0.1) is 0 Å². The molecule has 2 saturated carbocycles. The summed E-state index contributed by atoms with van der Waals surface area (Å²) < 4.78 is 5.20. The minimum Gasteiger partial charge on any atom is -0.472 e. The predicted octanol–water partition coefficient (Wildman–Crippen LogP) is 3.24. The van der Waals surface area contributed by atoms with Gasteiger partial charge in [-0.3, -0.25) is 0 Å². The van der Waals surface area contributed by atoms with E-state index in [9.17, 15) is 0 Å². The maximum atomic E-state index is 5.20. The standard InChI is InChI=1S/C15H23NO/c1-2-16-14(9-11-7-8-17-10-11)15(12-3-4-12)13-5-6-13/h7-8,10,12-16H,2-6,9H2,1H3. The lowest BCUT2D eigenvalue weighted by atomic mass is 9.86. The molecule has 2 nitrogen and oxygen atoms in total. The molecule has 17 heavy (non-hydrogen) atoms. The molecule has 0 bridgehead atoms. The minimum atomic E-state index is 0.664. The van der Waals surface area contributed by atoms with E-state index in [2.05, 4.69) is 18.3 Å². The van der Waals surface area contributed by atoms with Gasteiger partial charge in [0.05, 0.1) is 12.5 Å². The Bertz CT molecular complexity index is 326. The lowest BCUT2D eigenvalue weighted by molar-refractivity contribution is 0.284. The van der Waals surface area contributed by atoms with Crippen molar-refractivity contribution >= 4 is 0 Å². The molecule has 1 unspecified atom stereocenters. The zero-order valence-corrected chi connectivity index (χ0v) is 10.7. The molecule has 0 spiro atoms. The van der Waals surface area contributed by atoms with Gasteiger partial charge in [-0.1, -0.05) is 6.92 Å². The number of hydrogen-bond donors (Lipinski definition) is 1. The highest BCUT2D eigenvalue weighted by Crippen LogP contribution is 2.51. The molecule has 2 aliphatic rings. The van der Waals surface area contributed by atoms with Crippen molar-refractivity contribution in [3.05, 3.63) is 24.2 Å². The molecule has 2 fully saturated rings. The summed E-state index contributed by atoms with van der Waals surface area (Å²) in [6.45, 7) is 3.30. The van der Waals surface area contributed by atoms with E-state index < -0.39 is 0 Å². The smallest absolute Gasteiger partial charge is 0.0935 e. The third-order valence-electron chi connectivity index (χ3n) is 4.30. The van der Waals surface area contributed by atoms with Crippen molar-refractivity contribution in [2.75, 3.05) is 6.54 Å². The van der Waals surface area contributed by atoms with Gasteiger partial charge < -0.3 is 9.73 Å². The molecule has 0 amide bonds. The average Bonchev–Trinajstić information content (AvgIpc) is 3.24. The van der Waals surface area contributed by atoms with Crippen molar-refractivity contribution in [2.24, 2.45) is 17.8 Å². The molecule has 2 heteroatoms. The number of rotatable bonds is 7. The Morgan fingerprint density at radius 1 is 1.29 bits per heavy atom. The highest BCUT2D eigenvalue weighted by molar-refractivity contribution is 5.10. The van der Waals surface area contributed by atoms with Crippen LogP contribution in [-0.2, 0) is 6.42 Å². The molecule has 1 heterocycles. The van der Waals surface area contributed by atoms with Crippen LogP contribution in [0.5, 0.6) is 0 Å². The Morgan fingerprint density at radius 3 is 2.47 bits per heavy atom. The number of hydrogen-bond acceptors (Lipinski definition) is 2. The van der Waals surface area contributed by atoms with E-state index in [-0.39, 0.29) is 0 Å². The first-order chi connectivity index (χ1) is 8.38. The van der Waals surface area contributed by atoms with E-state index in [1.807, 2.05) is 6.26 Å². The Balaban J connectivity index is 1.68. The number of furan rings is 1. The van der Waals surface area contributed by atoms with Crippen LogP contribution in [-0.4, -0.2) is 12.6 Å². The zero-order chi connectivity index (χ0) is 11.7. The van der Waals surface area contributed by atoms with Crippen molar-refractivity contribution in [3.8, 4) is 0 Å². The normalized spacial score (nSPS) is 22.0. The monoisotopic (exact) mass is 233 g/mol. The van der Waals surface area contributed by atoms with Crippen molar-refractivity contribution in [2.45, 2.75) is 45.1 Å². The molecule has 1 N–H and O–H groups in total. The molecule has 1 atom stereocenters. The summed E-state index contributed by atoms with van der Waals surface area (Å²) in [6.07, 6.45) is 10.7. The van der Waals surface area contributed by atoms with Crippen LogP contribution in [0.3, 0.4) is 0 Å². The topological polar surface area (TPSA) is 25.2 Å². The minimum absolute atomic E-state index is 0.664. The summed E-state index contributed by atoms with van der Waals surface area (Å²) in [5, 5.41) is 3.72. The quantitative estimate of drug-likeness (QED) is 0.782. The number of likely N-dealkylation sites (N-methyl/N-ethyl adjacent to an activating group) is 1. The molecular formula is C15H23NO. The first-order valence-corrected chi connectivity index (χ1v) is 7.13. The van der Waals surface area contributed by atoms with E-state index in [0.29, 0.717) is 6.04 Å². The van der Waals surface area contributed by atoms with E-state index >= 15 is 0 Å². The van der Waals surface area contributed by atoms with Gasteiger partial charge in [0, 0.05) is 6.04 Å². The summed E-state index contributed by atoms with van der Waals surface area (Å²) in [6, 6.07) is 2.78. The fourth-order valence-corrected chi connectivity index (χ4v) is 3.27. The third-order valence-corrected chi connectivity index (χ3v) is 4.30. The van der Waals surface area contributed by atoms with E-state index in [1.165, 1.54) is 31.2 Å². The lowest BCUT2D eigenvalue weighted by Gasteiger charge is -2.28. The summed E-state index contributed by atoms with van der Waals surface area (Å²) >= 11 is 0. The highest BCUT2D eigenvalue weighted by atomic mass is 16.3. The zero-order valence-electron chi connectivity index (χ0n) is 10.7. The fourth-order valence-electron chi connectivity index (χ4n) is 3.27. The molecule has 0 aliphatic heterocycles. The molecule has 2 aliphatic carbocycles. The van der Waals surface area contributed by atoms with Crippen LogP contribution >= 0.6 is 0 Å². The lowest BCUT2D eigenvalue weighted by Crippen LogP contribution is -2.40. The van der Waals surface area contributed by atoms with Crippen molar-refractivity contribution in [3.63, 3.8) is 0 Å². The third kappa shape index (κ3) is 2.74. The molecular weight excluding hydrogens is 210 g/mol. The van der Waals surface area contributed by atoms with E-state index in [0.717, 1.165) is 30.7 Å². The molecule has 3 rings (SSSR count). The first kappa shape index (κ1) is 11.3. The van der Waals surface area contributed by atoms with Gasteiger partial charge in [-0.2, -0.15) is 0 Å². The summed E-state index contributed by atoms with van der Waals surface area (Å²) in [4.78, 5) is 0. The first-order valence-electron chi connectivity index (χ1n) is 7.13. The molecule has 0 radical (unpaired) electrons. The molecule has 0 saturated heterocycles. The van der Waals surface area contributed by atoms with Gasteiger partial charge in [0.25, 0.3) is 0 Å². The van der Waals surface area contributed by atoms with Crippen molar-refractivity contribution in [1.82, 2.24) is 5.32 Å². The van der Waals surface area contributed by atoms with Crippen molar-refractivity contribution < 1.29 is 4.42 Å². The summed E-state index contributed by atoms with van der Waals surface area (Å²) in [5.41, 5.74) is 1.35. The summed E-state index contributed by atoms with van der Waals surface area (Å²) in [5.74, 6) is 2.95. The molecule has 1 aromatic rings. The Morgan fingerprint density at radius 2 is 2.00 bits per heavy atom. The second-order valence-electron chi connectivity index (χ2n) is 5.75. The Hall–Kier alpha value is -0.760. The second-order valence-corrected chi connectivity index (χ2v) is 5.75. The molecule has 94 valence electrons. The fraction of sp³-hybridized carbons (Fsp3) is 0.733. The van der Waals surface area contributed by atoms with Gasteiger partial charge in [-0.05, 0) is 68.0 Å². The molecule has 0 aromatic carbocycles. The highest BCUT2D eigenvalue weighted by Gasteiger charge is 2.45. The SMILES string of the molecule is CCNC(Cc1ccoc1)C(C1CC1)C1CC1. The van der Waals surface area contributed by atoms with Crippen LogP contribution in [0, 0.1) is 17.8 Å². The van der Waals surface area contributed by atoms with Crippen LogP contribution in [0.2, 0.25) is 0 Å². The van der Waals surface area contributed by atoms with Crippen LogP contribution in [0.25, 0.3) is 0 Å². The van der Waals surface area contributed by atoms with E-state index in [1.54, 1.807) is 6.26 Å². The van der Waals surface area contributed by atoms with Crippen molar-refractivity contribution in [1.29, 1.82) is 0 Å². The van der Waals surface area contributed by atoms with Gasteiger partial charge >= 0.3 is 0 Å². The second kappa shape index (κ2) is 4.85. The van der Waals surface area contributed by atoms with Gasteiger partial charge in [0.1, 0.15) is 0 Å². The predicted molar refractivity (Wildman–Crippen MR) is 68.8 cm³/mol. The van der Waals surface area contributed by atoms with Gasteiger partial charge in [-0.25, -0.2) is 0 Å². The Labute approximate surface area is 104 Å². The van der Waals surface area contributed by atoms with Gasteiger partial charge in [0.15, 0.2) is 0 Å². The largest absolute Gasteiger partial charge is 0.472 e. The average molecular weight is 233 g/mol. The summed E-state index contributed by atoms with van der Waals surface area (Å²) in [7, 11) is 0. The van der Waals surface area contributed by atoms with E-state index in [4.69, 9.17) is 4.42 Å². The van der Waals surface area contributed by atoms with Crippen LogP contribution in [0.4, 0.5) is 0 Å². The maximum absolute atomic E-state index is 5.20. The molecule has 1 aromatic heterocycles. The van der Waals surface area contributed by atoms with Gasteiger partial charge in [0.2, 0.25) is 0 Å². The van der Waals surface area contributed by atoms with Crippen LogP contribution in [0.1, 0.15) is 38.2 Å². The maximum Gasteiger partial charge on any atom is 0.0935 e. The van der Waals surface area contributed by atoms with Crippen LogP contribution in [0.15, 0.2) is 23.0 Å². The number of nitrogens with one attached hydrogen (secondary N) is 1. The Kier molecular flexibility index (Phi) is 3.24. The van der Waals surface area contributed by atoms with Crippen LogP contribution < -0.4 is 5.32 Å².